The zero-order valence-electron chi connectivity index (χ0n) is 28.0. The molecule has 1 atom stereocenters. The molecule has 0 spiro atoms. The first kappa shape index (κ1) is 33.7. The Morgan fingerprint density at radius 1 is 1.00 bits per heavy atom. The average molecular weight is 682 g/mol. The van der Waals surface area contributed by atoms with Crippen LogP contribution in [0, 0.1) is 0 Å². The first-order valence-corrected chi connectivity index (χ1v) is 17.2. The molecule has 10 nitrogen and oxygen atoms in total. The van der Waals surface area contributed by atoms with Crippen LogP contribution in [-0.2, 0) is 14.3 Å². The van der Waals surface area contributed by atoms with Gasteiger partial charge in [-0.2, -0.15) is 0 Å². The number of rotatable bonds is 11. The normalized spacial score (nSPS) is 16.0. The Balaban J connectivity index is 1.44. The Morgan fingerprint density at radius 2 is 1.73 bits per heavy atom. The van der Waals surface area contributed by atoms with Crippen LogP contribution >= 0.6 is 11.3 Å². The molecular formula is C38H39N3O7S. The summed E-state index contributed by atoms with van der Waals surface area (Å²) < 4.78 is 24.8. The van der Waals surface area contributed by atoms with Gasteiger partial charge in [0.1, 0.15) is 5.75 Å². The largest absolute Gasteiger partial charge is 0.493 e. The molecule has 6 rings (SSSR count). The van der Waals surface area contributed by atoms with Gasteiger partial charge in [-0.05, 0) is 75.1 Å². The third-order valence-corrected chi connectivity index (χ3v) is 9.22. The van der Waals surface area contributed by atoms with E-state index in [0.29, 0.717) is 43.4 Å². The number of benzene rings is 3. The molecule has 3 heterocycles. The minimum atomic E-state index is -0.806. The number of aromatic nitrogens is 1. The van der Waals surface area contributed by atoms with E-state index in [9.17, 15) is 14.4 Å². The number of likely N-dealkylation sites (tertiary alicyclic amines) is 1. The van der Waals surface area contributed by atoms with E-state index in [1.807, 2.05) is 68.4 Å². The third kappa shape index (κ3) is 7.31. The summed E-state index contributed by atoms with van der Waals surface area (Å²) in [5.41, 5.74) is 2.56. The predicted molar refractivity (Wildman–Crippen MR) is 188 cm³/mol. The Kier molecular flexibility index (Phi) is 10.3. The van der Waals surface area contributed by atoms with Crippen molar-refractivity contribution in [2.45, 2.75) is 45.8 Å². The minimum Gasteiger partial charge on any atom is -0.493 e. The van der Waals surface area contributed by atoms with Crippen molar-refractivity contribution in [1.82, 2.24) is 9.47 Å². The predicted octanol–water partition coefficient (Wildman–Crippen LogP) is 4.73. The van der Waals surface area contributed by atoms with Crippen LogP contribution in [-0.4, -0.2) is 60.9 Å². The van der Waals surface area contributed by atoms with E-state index in [0.717, 1.165) is 31.5 Å². The molecule has 2 aliphatic heterocycles. The second-order valence-corrected chi connectivity index (χ2v) is 13.0. The number of carbonyl (C=O) groups is 2. The third-order valence-electron chi connectivity index (χ3n) is 8.24. The van der Waals surface area contributed by atoms with Gasteiger partial charge in [0.15, 0.2) is 22.9 Å². The van der Waals surface area contributed by atoms with Crippen molar-refractivity contribution in [3.05, 3.63) is 115 Å². The van der Waals surface area contributed by atoms with E-state index >= 15 is 0 Å². The van der Waals surface area contributed by atoms with Gasteiger partial charge < -0.3 is 23.8 Å². The quantitative estimate of drug-likeness (QED) is 0.211. The Bertz CT molecular complexity index is 2040. The van der Waals surface area contributed by atoms with Gasteiger partial charge in [0, 0.05) is 18.7 Å². The Hall–Kier alpha value is -5.16. The SMILES string of the molecule is CCOC(=O)C1=C(c2ccccc2)N=c2s/c(=C\c3ccc(OCC(=O)N4CCCC4)c(OC)c3)c(=O)n2[C@H]1c1ccc(OC(C)C)cc1. The summed E-state index contributed by atoms with van der Waals surface area (Å²) >= 11 is 1.23. The first-order chi connectivity index (χ1) is 23.8. The maximum Gasteiger partial charge on any atom is 0.338 e. The van der Waals surface area contributed by atoms with Gasteiger partial charge in [0.05, 0.1) is 41.7 Å². The number of hydrogen-bond acceptors (Lipinski definition) is 9. The maximum atomic E-state index is 14.3. The van der Waals surface area contributed by atoms with E-state index in [1.54, 1.807) is 40.7 Å². The smallest absolute Gasteiger partial charge is 0.338 e. The molecule has 0 bridgehead atoms. The fourth-order valence-corrected chi connectivity index (χ4v) is 7.00. The van der Waals surface area contributed by atoms with Gasteiger partial charge in [0.25, 0.3) is 11.5 Å². The lowest BCUT2D eigenvalue weighted by Gasteiger charge is -2.26. The van der Waals surface area contributed by atoms with Crippen LogP contribution in [0.3, 0.4) is 0 Å². The van der Waals surface area contributed by atoms with Crippen LogP contribution in [0.15, 0.2) is 88.2 Å². The molecule has 0 unspecified atom stereocenters. The highest BCUT2D eigenvalue weighted by molar-refractivity contribution is 7.07. The highest BCUT2D eigenvalue weighted by Gasteiger charge is 2.35. The van der Waals surface area contributed by atoms with Crippen molar-refractivity contribution in [2.24, 2.45) is 4.99 Å². The lowest BCUT2D eigenvalue weighted by Crippen LogP contribution is -2.40. The Morgan fingerprint density at radius 3 is 2.41 bits per heavy atom. The second kappa shape index (κ2) is 14.9. The van der Waals surface area contributed by atoms with Crippen molar-refractivity contribution in [1.29, 1.82) is 0 Å². The molecule has 0 aliphatic carbocycles. The fraction of sp³-hybridized carbons (Fsp3) is 0.316. The summed E-state index contributed by atoms with van der Waals surface area (Å²) in [5, 5.41) is 0. The van der Waals surface area contributed by atoms with Crippen molar-refractivity contribution >= 4 is 35.0 Å². The molecule has 0 saturated carbocycles. The Labute approximate surface area is 288 Å². The molecule has 1 fully saturated rings. The molecule has 4 aromatic rings. The number of ether oxygens (including phenoxy) is 4. The van der Waals surface area contributed by atoms with Gasteiger partial charge in [-0.3, -0.25) is 14.2 Å². The fourth-order valence-electron chi connectivity index (χ4n) is 6.00. The molecule has 11 heteroatoms. The lowest BCUT2D eigenvalue weighted by molar-refractivity contribution is -0.139. The lowest BCUT2D eigenvalue weighted by atomic mass is 9.93. The molecule has 1 amide bonds. The highest BCUT2D eigenvalue weighted by Crippen LogP contribution is 2.36. The molecule has 254 valence electrons. The minimum absolute atomic E-state index is 0.0140. The van der Waals surface area contributed by atoms with Crippen molar-refractivity contribution in [3.8, 4) is 17.2 Å². The number of carbonyl (C=O) groups excluding carboxylic acids is 2. The first-order valence-electron chi connectivity index (χ1n) is 16.4. The number of fused-ring (bicyclic) bond motifs is 1. The van der Waals surface area contributed by atoms with Gasteiger partial charge in [0.2, 0.25) is 0 Å². The summed E-state index contributed by atoms with van der Waals surface area (Å²) in [6, 6.07) is 21.3. The standard InChI is InChI=1S/C38H39N3O7S/c1-5-46-37(44)33-34(26-11-7-6-8-12-26)39-38-41(35(33)27-14-16-28(17-15-27)48-24(2)3)36(43)31(49-38)22-25-13-18-29(30(21-25)45-4)47-23-32(42)40-19-9-10-20-40/h6-8,11-18,21-22,24,35H,5,9-10,19-20,23H2,1-4H3/b31-22-/t35-/m0/s1. The highest BCUT2D eigenvalue weighted by atomic mass is 32.1. The summed E-state index contributed by atoms with van der Waals surface area (Å²) in [5.74, 6) is 0.949. The average Bonchev–Trinajstić information content (AvgIpc) is 3.76. The van der Waals surface area contributed by atoms with Crippen LogP contribution in [0.4, 0.5) is 0 Å². The van der Waals surface area contributed by atoms with Crippen LogP contribution in [0.1, 0.15) is 56.3 Å². The van der Waals surface area contributed by atoms with Crippen LogP contribution < -0.4 is 29.1 Å². The zero-order chi connectivity index (χ0) is 34.5. The number of amides is 1. The molecule has 3 aromatic carbocycles. The molecule has 0 radical (unpaired) electrons. The topological polar surface area (TPSA) is 109 Å². The molecule has 2 aliphatic rings. The summed E-state index contributed by atoms with van der Waals surface area (Å²) in [6.45, 7) is 7.24. The summed E-state index contributed by atoms with van der Waals surface area (Å²) in [7, 11) is 1.53. The molecule has 49 heavy (non-hydrogen) atoms. The van der Waals surface area contributed by atoms with Gasteiger partial charge in [-0.25, -0.2) is 9.79 Å². The van der Waals surface area contributed by atoms with E-state index in [2.05, 4.69) is 0 Å². The molecule has 1 saturated heterocycles. The number of hydrogen-bond donors (Lipinski definition) is 0. The van der Waals surface area contributed by atoms with Crippen molar-refractivity contribution < 1.29 is 28.5 Å². The van der Waals surface area contributed by atoms with Crippen LogP contribution in [0.2, 0.25) is 0 Å². The van der Waals surface area contributed by atoms with Crippen LogP contribution in [0.5, 0.6) is 17.2 Å². The number of thiazole rings is 1. The van der Waals surface area contributed by atoms with E-state index in [1.165, 1.54) is 18.4 Å². The second-order valence-electron chi connectivity index (χ2n) is 12.0. The maximum absolute atomic E-state index is 14.3. The van der Waals surface area contributed by atoms with Crippen LogP contribution in [0.25, 0.3) is 11.8 Å². The summed E-state index contributed by atoms with van der Waals surface area (Å²) in [6.07, 6.45) is 3.76. The molecular weight excluding hydrogens is 642 g/mol. The van der Waals surface area contributed by atoms with E-state index in [4.69, 9.17) is 23.9 Å². The van der Waals surface area contributed by atoms with Crippen molar-refractivity contribution in [3.63, 3.8) is 0 Å². The van der Waals surface area contributed by atoms with Gasteiger partial charge >= 0.3 is 5.97 Å². The monoisotopic (exact) mass is 681 g/mol. The number of methoxy groups -OCH3 is 1. The van der Waals surface area contributed by atoms with E-state index < -0.39 is 12.0 Å². The van der Waals surface area contributed by atoms with Gasteiger partial charge in [-0.15, -0.1) is 0 Å². The number of nitrogens with zero attached hydrogens (tertiary/aromatic N) is 3. The molecule has 0 N–H and O–H groups in total. The summed E-state index contributed by atoms with van der Waals surface area (Å²) in [4.78, 5) is 47.7. The van der Waals surface area contributed by atoms with Gasteiger partial charge in [-0.1, -0.05) is 59.9 Å². The van der Waals surface area contributed by atoms with E-state index in [-0.39, 0.29) is 36.4 Å². The molecule has 1 aromatic heterocycles. The van der Waals surface area contributed by atoms with Crippen molar-refractivity contribution in [2.75, 3.05) is 33.4 Å². The zero-order valence-corrected chi connectivity index (χ0v) is 28.8. The number of esters is 1.